The van der Waals surface area contributed by atoms with Gasteiger partial charge < -0.3 is 34.4 Å². The number of aliphatic hydroxyl groups excluding tert-OH is 1. The molecule has 8 atom stereocenters. The topological polar surface area (TPSA) is 135 Å². The number of allylic oxidation sites excluding steroid dienone is 1. The maximum absolute atomic E-state index is 14.9. The summed E-state index contributed by atoms with van der Waals surface area (Å²) in [7, 11) is 1.51. The lowest BCUT2D eigenvalue weighted by molar-refractivity contribution is -0.163. The number of amides is 3. The Morgan fingerprint density at radius 3 is 2.39 bits per heavy atom. The van der Waals surface area contributed by atoms with E-state index in [1.165, 1.54) is 12.0 Å². The molecule has 6 rings (SSSR count). The van der Waals surface area contributed by atoms with Crippen LogP contribution in [0.2, 0.25) is 0 Å². The quantitative estimate of drug-likeness (QED) is 0.323. The van der Waals surface area contributed by atoms with Crippen molar-refractivity contribution in [3.63, 3.8) is 0 Å². The van der Waals surface area contributed by atoms with E-state index in [9.17, 15) is 24.3 Å². The second kappa shape index (κ2) is 14.7. The lowest BCUT2D eigenvalue weighted by Gasteiger charge is -2.39. The Hall–Kier alpha value is -4.32. The molecule has 0 bridgehead atoms. The highest BCUT2D eigenvalue weighted by Gasteiger charge is 2.72. The van der Waals surface area contributed by atoms with E-state index in [0.29, 0.717) is 24.9 Å². The van der Waals surface area contributed by atoms with Gasteiger partial charge in [-0.2, -0.15) is 0 Å². The molecule has 11 nitrogen and oxygen atoms in total. The van der Waals surface area contributed by atoms with Gasteiger partial charge in [0.1, 0.15) is 23.7 Å². The third-order valence-corrected chi connectivity index (χ3v) is 10.1. The van der Waals surface area contributed by atoms with Gasteiger partial charge in [0.2, 0.25) is 17.7 Å². The van der Waals surface area contributed by atoms with Crippen LogP contribution in [0.1, 0.15) is 43.9 Å². The Balaban J connectivity index is 1.46. The molecule has 2 N–H and O–H groups in total. The van der Waals surface area contributed by atoms with Gasteiger partial charge in [-0.1, -0.05) is 85.0 Å². The normalized spacial score (nSPS) is 31.5. The van der Waals surface area contributed by atoms with Gasteiger partial charge in [-0.25, -0.2) is 0 Å². The number of hydrogen-bond acceptors (Lipinski definition) is 8. The molecule has 0 saturated carbocycles. The molecule has 4 aliphatic rings. The van der Waals surface area contributed by atoms with Crippen LogP contribution in [0.4, 0.5) is 0 Å². The fourth-order valence-corrected chi connectivity index (χ4v) is 7.84. The molecule has 2 aromatic rings. The van der Waals surface area contributed by atoms with Crippen LogP contribution in [0, 0.1) is 11.8 Å². The fourth-order valence-electron chi connectivity index (χ4n) is 7.84. The van der Waals surface area contributed by atoms with Crippen molar-refractivity contribution in [1.29, 1.82) is 0 Å². The van der Waals surface area contributed by atoms with Crippen molar-refractivity contribution in [3.8, 4) is 0 Å². The van der Waals surface area contributed by atoms with Gasteiger partial charge in [-0.05, 0) is 37.8 Å². The van der Waals surface area contributed by atoms with Crippen molar-refractivity contribution in [3.05, 3.63) is 96.1 Å². The SMILES string of the molecule is COC[C@H]1NC(=O)CC/C=C\[C@H]2O[C@]34C=CCN(C(C)C)C(=O)[C@H]3N([C@@H](CO)Cc3ccccc3)C(=O)[C@@H]4[C@H]2C(=O)O[C@@H]1c1ccccc1. The second-order valence-corrected chi connectivity index (χ2v) is 13.5. The average Bonchev–Trinajstić information content (AvgIpc) is 3.48. The van der Waals surface area contributed by atoms with Gasteiger partial charge in [0.05, 0.1) is 37.3 Å². The number of nitrogens with zero attached hydrogens (tertiary/aromatic N) is 2. The molecular weight excluding hydrogens is 626 g/mol. The van der Waals surface area contributed by atoms with Crippen LogP contribution in [0.5, 0.6) is 0 Å². The van der Waals surface area contributed by atoms with Gasteiger partial charge in [0, 0.05) is 26.1 Å². The first-order valence-electron chi connectivity index (χ1n) is 17.0. The smallest absolute Gasteiger partial charge is 0.313 e. The lowest BCUT2D eigenvalue weighted by Crippen LogP contribution is -2.59. The van der Waals surface area contributed by atoms with Gasteiger partial charge >= 0.3 is 5.97 Å². The minimum absolute atomic E-state index is 0.0705. The van der Waals surface area contributed by atoms with Crippen LogP contribution in [-0.4, -0.2) is 101 Å². The van der Waals surface area contributed by atoms with Gasteiger partial charge in [0.25, 0.3) is 0 Å². The number of fused-ring (bicyclic) bond motifs is 2. The average molecular weight is 672 g/mol. The molecule has 0 radical (unpaired) electrons. The van der Waals surface area contributed by atoms with Crippen molar-refractivity contribution in [2.24, 2.45) is 11.8 Å². The van der Waals surface area contributed by atoms with Crippen molar-refractivity contribution in [1.82, 2.24) is 15.1 Å². The summed E-state index contributed by atoms with van der Waals surface area (Å²) in [5, 5.41) is 13.8. The summed E-state index contributed by atoms with van der Waals surface area (Å²) in [6, 6.07) is 15.8. The first-order chi connectivity index (χ1) is 23.7. The van der Waals surface area contributed by atoms with Gasteiger partial charge in [0.15, 0.2) is 0 Å². The molecule has 260 valence electrons. The molecular formula is C38H45N3O8. The lowest BCUT2D eigenvalue weighted by atomic mass is 9.77. The van der Waals surface area contributed by atoms with Crippen molar-refractivity contribution in [2.45, 2.75) is 75.1 Å². The number of carbonyl (C=O) groups is 4. The summed E-state index contributed by atoms with van der Waals surface area (Å²) in [5.41, 5.74) is 0.0265. The number of likely N-dealkylation sites (tertiary alicyclic amines) is 1. The zero-order chi connectivity index (χ0) is 34.7. The number of esters is 1. The second-order valence-electron chi connectivity index (χ2n) is 13.5. The first kappa shape index (κ1) is 34.5. The third kappa shape index (κ3) is 6.54. The van der Waals surface area contributed by atoms with E-state index < -0.39 is 66.3 Å². The summed E-state index contributed by atoms with van der Waals surface area (Å²) in [4.78, 5) is 60.3. The van der Waals surface area contributed by atoms with Gasteiger partial charge in [-0.15, -0.1) is 0 Å². The standard InChI is InChI=1S/C38H45N3O8/c1-24(2)40-20-12-19-38-32(35(44)41(34(38)36(40)45)27(22-42)21-25-13-6-4-7-14-25)31-29(49-38)17-10-11-18-30(43)39-28(23-47-3)33(48-37(31)46)26-15-8-5-9-16-26/h4-10,12-17,19,24,27-29,31-34,42H,11,18,20-23H2,1-3H3,(H,39,43)/b17-10-/t27-,28-,29-,31+,32+,33-,34-,38+/m1/s1. The number of ether oxygens (including phenoxy) is 3. The number of benzene rings is 2. The van der Waals surface area contributed by atoms with Crippen molar-refractivity contribution in [2.75, 3.05) is 26.9 Å². The maximum Gasteiger partial charge on any atom is 0.313 e. The van der Waals surface area contributed by atoms with E-state index >= 15 is 0 Å². The molecule has 0 aromatic heterocycles. The largest absolute Gasteiger partial charge is 0.455 e. The molecule has 0 unspecified atom stereocenters. The van der Waals surface area contributed by atoms with Crippen LogP contribution in [0.15, 0.2) is 85.0 Å². The predicted octanol–water partition coefficient (Wildman–Crippen LogP) is 2.74. The molecule has 49 heavy (non-hydrogen) atoms. The highest BCUT2D eigenvalue weighted by Crippen LogP contribution is 2.54. The van der Waals surface area contributed by atoms with E-state index in [4.69, 9.17) is 14.2 Å². The number of carbonyl (C=O) groups excluding carboxylic acids is 4. The van der Waals surface area contributed by atoms with E-state index in [0.717, 1.165) is 5.56 Å². The summed E-state index contributed by atoms with van der Waals surface area (Å²) in [6.07, 6.45) is 6.07. The summed E-state index contributed by atoms with van der Waals surface area (Å²) in [6.45, 7) is 3.79. The number of nitrogens with one attached hydrogen (secondary N) is 1. The monoisotopic (exact) mass is 671 g/mol. The van der Waals surface area contributed by atoms with E-state index in [2.05, 4.69) is 5.32 Å². The number of aliphatic hydroxyl groups is 1. The Bertz CT molecular complexity index is 1580. The Morgan fingerprint density at radius 1 is 1.00 bits per heavy atom. The predicted molar refractivity (Wildman–Crippen MR) is 180 cm³/mol. The minimum Gasteiger partial charge on any atom is -0.455 e. The summed E-state index contributed by atoms with van der Waals surface area (Å²) in [5.74, 6) is -3.93. The van der Waals surface area contributed by atoms with Crippen LogP contribution >= 0.6 is 0 Å². The number of cyclic esters (lactones) is 1. The molecule has 0 aliphatic carbocycles. The van der Waals surface area contributed by atoms with Crippen LogP contribution < -0.4 is 5.32 Å². The molecule has 3 amide bonds. The highest BCUT2D eigenvalue weighted by molar-refractivity contribution is 5.99. The molecule has 2 saturated heterocycles. The van der Waals surface area contributed by atoms with Crippen LogP contribution in [0.25, 0.3) is 0 Å². The molecule has 4 heterocycles. The fraction of sp³-hybridized carbons (Fsp3) is 0.474. The van der Waals surface area contributed by atoms with Crippen molar-refractivity contribution < 1.29 is 38.5 Å². The Kier molecular flexibility index (Phi) is 10.3. The van der Waals surface area contributed by atoms with Crippen LogP contribution in [-0.2, 0) is 39.8 Å². The molecule has 2 fully saturated rings. The molecule has 2 aromatic carbocycles. The number of methoxy groups -OCH3 is 1. The van der Waals surface area contributed by atoms with Gasteiger partial charge in [-0.3, -0.25) is 19.2 Å². The Morgan fingerprint density at radius 2 is 1.71 bits per heavy atom. The molecule has 11 heteroatoms. The zero-order valence-electron chi connectivity index (χ0n) is 28.1. The van der Waals surface area contributed by atoms with E-state index in [1.54, 1.807) is 23.1 Å². The molecule has 4 aliphatic heterocycles. The van der Waals surface area contributed by atoms with Crippen molar-refractivity contribution >= 4 is 23.7 Å². The van der Waals surface area contributed by atoms with E-state index in [1.807, 2.05) is 80.6 Å². The molecule has 1 spiro atoms. The first-order valence-corrected chi connectivity index (χ1v) is 17.0. The number of hydrogen-bond donors (Lipinski definition) is 2. The zero-order valence-corrected chi connectivity index (χ0v) is 28.1. The highest BCUT2D eigenvalue weighted by atomic mass is 16.6. The summed E-state index contributed by atoms with van der Waals surface area (Å²) >= 11 is 0. The number of rotatable bonds is 8. The third-order valence-electron chi connectivity index (χ3n) is 10.1. The summed E-state index contributed by atoms with van der Waals surface area (Å²) < 4.78 is 18.6. The Labute approximate surface area is 286 Å². The van der Waals surface area contributed by atoms with Crippen LogP contribution in [0.3, 0.4) is 0 Å². The van der Waals surface area contributed by atoms with E-state index in [-0.39, 0.29) is 30.9 Å². The minimum atomic E-state index is -1.51. The maximum atomic E-state index is 14.9.